The molecule has 0 radical (unpaired) electrons. The Morgan fingerprint density at radius 3 is 2.50 bits per heavy atom. The van der Waals surface area contributed by atoms with E-state index in [0.29, 0.717) is 13.3 Å². The van der Waals surface area contributed by atoms with E-state index in [2.05, 4.69) is 24.5 Å². The van der Waals surface area contributed by atoms with Crippen molar-refractivity contribution in [3.05, 3.63) is 0 Å². The van der Waals surface area contributed by atoms with Crippen molar-refractivity contribution in [1.29, 1.82) is 0 Å². The van der Waals surface area contributed by atoms with Gasteiger partial charge in [0.05, 0.1) is 19.4 Å². The molecule has 3 N–H and O–H groups in total. The first-order valence-electron chi connectivity index (χ1n) is 10.4. The standard InChI is InChI=1S/C20H40N2O2/c1-3-19(22-13-18-8-5-4-7-16(2)11-18)20(23)14-24-15-21-12-17-9-6-10-17/h16-23H,3-15H2,1-2H3/t16-,18?,19?,20?/m1/s1. The monoisotopic (exact) mass is 340 g/mol. The van der Waals surface area contributed by atoms with Crippen LogP contribution in [0.25, 0.3) is 0 Å². The zero-order chi connectivity index (χ0) is 17.2. The Morgan fingerprint density at radius 1 is 1.04 bits per heavy atom. The number of hydrogen-bond donors (Lipinski definition) is 3. The van der Waals surface area contributed by atoms with Crippen molar-refractivity contribution in [2.24, 2.45) is 17.8 Å². The SMILES string of the molecule is CCC(NCC1CCCC[C@@H](C)C1)C(O)COCNCC1CCC1. The molecule has 2 fully saturated rings. The predicted molar refractivity (Wildman–Crippen MR) is 100.0 cm³/mol. The molecule has 0 bridgehead atoms. The number of ether oxygens (including phenoxy) is 1. The predicted octanol–water partition coefficient (Wildman–Crippen LogP) is 3.30. The minimum atomic E-state index is -0.413. The van der Waals surface area contributed by atoms with Gasteiger partial charge in [0.15, 0.2) is 0 Å². The number of rotatable bonds is 11. The Hall–Kier alpha value is -0.160. The Kier molecular flexibility index (Phi) is 9.62. The summed E-state index contributed by atoms with van der Waals surface area (Å²) in [6.07, 6.45) is 11.4. The Bertz CT molecular complexity index is 323. The van der Waals surface area contributed by atoms with Crippen molar-refractivity contribution in [2.45, 2.75) is 83.8 Å². The Balaban J connectivity index is 1.56. The van der Waals surface area contributed by atoms with E-state index in [1.54, 1.807) is 0 Å². The third-order valence-corrected chi connectivity index (χ3v) is 6.02. The van der Waals surface area contributed by atoms with Gasteiger partial charge in [-0.25, -0.2) is 0 Å². The van der Waals surface area contributed by atoms with Crippen molar-refractivity contribution in [1.82, 2.24) is 10.6 Å². The van der Waals surface area contributed by atoms with Crippen LogP contribution < -0.4 is 10.6 Å². The summed E-state index contributed by atoms with van der Waals surface area (Å²) in [5.41, 5.74) is 0. The highest BCUT2D eigenvalue weighted by Crippen LogP contribution is 2.27. The van der Waals surface area contributed by atoms with Crippen LogP contribution in [0.1, 0.15) is 71.6 Å². The smallest absolute Gasteiger partial charge is 0.0966 e. The van der Waals surface area contributed by atoms with Crippen LogP contribution in [0.3, 0.4) is 0 Å². The highest BCUT2D eigenvalue weighted by molar-refractivity contribution is 4.78. The van der Waals surface area contributed by atoms with E-state index in [0.717, 1.165) is 37.3 Å². The van der Waals surface area contributed by atoms with Crippen LogP contribution in [0.5, 0.6) is 0 Å². The molecule has 3 unspecified atom stereocenters. The van der Waals surface area contributed by atoms with Crippen molar-refractivity contribution in [3.8, 4) is 0 Å². The molecule has 2 rings (SSSR count). The first kappa shape index (κ1) is 20.2. The second kappa shape index (κ2) is 11.5. The molecule has 0 aliphatic heterocycles. The normalized spacial score (nSPS) is 28.1. The molecule has 0 aromatic carbocycles. The Morgan fingerprint density at radius 2 is 1.79 bits per heavy atom. The largest absolute Gasteiger partial charge is 0.389 e. The molecule has 142 valence electrons. The molecule has 0 aromatic heterocycles. The van der Waals surface area contributed by atoms with E-state index in [-0.39, 0.29) is 6.04 Å². The minimum absolute atomic E-state index is 0.148. The lowest BCUT2D eigenvalue weighted by atomic mass is 9.86. The molecule has 2 saturated carbocycles. The molecule has 4 heteroatoms. The minimum Gasteiger partial charge on any atom is -0.389 e. The maximum absolute atomic E-state index is 10.4. The molecule has 2 aliphatic carbocycles. The molecule has 0 amide bonds. The van der Waals surface area contributed by atoms with Crippen LogP contribution in [0.2, 0.25) is 0 Å². The summed E-state index contributed by atoms with van der Waals surface area (Å²) in [4.78, 5) is 0. The van der Waals surface area contributed by atoms with Crippen molar-refractivity contribution < 1.29 is 9.84 Å². The highest BCUT2D eigenvalue weighted by Gasteiger charge is 2.21. The lowest BCUT2D eigenvalue weighted by Gasteiger charge is -2.27. The fraction of sp³-hybridized carbons (Fsp3) is 1.00. The van der Waals surface area contributed by atoms with Gasteiger partial charge in [-0.2, -0.15) is 0 Å². The average Bonchev–Trinajstić information content (AvgIpc) is 2.73. The Labute approximate surface area is 149 Å². The van der Waals surface area contributed by atoms with Crippen LogP contribution in [0.15, 0.2) is 0 Å². The van der Waals surface area contributed by atoms with E-state index in [9.17, 15) is 5.11 Å². The third kappa shape index (κ3) is 7.38. The van der Waals surface area contributed by atoms with Crippen molar-refractivity contribution in [2.75, 3.05) is 26.4 Å². The average molecular weight is 341 g/mol. The summed E-state index contributed by atoms with van der Waals surface area (Å²) >= 11 is 0. The van der Waals surface area contributed by atoms with Crippen LogP contribution >= 0.6 is 0 Å². The topological polar surface area (TPSA) is 53.5 Å². The summed E-state index contributed by atoms with van der Waals surface area (Å²) in [6, 6.07) is 0.148. The van der Waals surface area contributed by atoms with Gasteiger partial charge < -0.3 is 15.2 Å². The van der Waals surface area contributed by atoms with Gasteiger partial charge in [0.1, 0.15) is 0 Å². The van der Waals surface area contributed by atoms with Gasteiger partial charge >= 0.3 is 0 Å². The van der Waals surface area contributed by atoms with Gasteiger partial charge in [-0.1, -0.05) is 39.5 Å². The van der Waals surface area contributed by atoms with E-state index in [4.69, 9.17) is 4.74 Å². The zero-order valence-corrected chi connectivity index (χ0v) is 15.9. The molecular formula is C20H40N2O2. The quantitative estimate of drug-likeness (QED) is 0.307. The number of aliphatic hydroxyl groups is 1. The second-order valence-corrected chi connectivity index (χ2v) is 8.25. The second-order valence-electron chi connectivity index (χ2n) is 8.25. The fourth-order valence-corrected chi connectivity index (χ4v) is 4.11. The van der Waals surface area contributed by atoms with Gasteiger partial charge in [0.25, 0.3) is 0 Å². The molecule has 0 aromatic rings. The third-order valence-electron chi connectivity index (χ3n) is 6.02. The zero-order valence-electron chi connectivity index (χ0n) is 15.9. The van der Waals surface area contributed by atoms with E-state index >= 15 is 0 Å². The molecule has 0 spiro atoms. The molecule has 0 saturated heterocycles. The van der Waals surface area contributed by atoms with Crippen molar-refractivity contribution in [3.63, 3.8) is 0 Å². The van der Waals surface area contributed by atoms with Gasteiger partial charge in [0.2, 0.25) is 0 Å². The molecule has 2 aliphatic rings. The maximum atomic E-state index is 10.4. The summed E-state index contributed by atoms with van der Waals surface area (Å²) in [7, 11) is 0. The summed E-state index contributed by atoms with van der Waals surface area (Å²) in [5.74, 6) is 2.48. The van der Waals surface area contributed by atoms with Crippen LogP contribution in [0.4, 0.5) is 0 Å². The maximum Gasteiger partial charge on any atom is 0.0966 e. The van der Waals surface area contributed by atoms with Gasteiger partial charge in [-0.15, -0.1) is 0 Å². The van der Waals surface area contributed by atoms with E-state index in [1.165, 1.54) is 51.4 Å². The van der Waals surface area contributed by atoms with Crippen LogP contribution in [0, 0.1) is 17.8 Å². The van der Waals surface area contributed by atoms with Gasteiger partial charge in [0, 0.05) is 12.6 Å². The summed E-state index contributed by atoms with van der Waals surface area (Å²) in [5, 5.41) is 17.4. The van der Waals surface area contributed by atoms with Crippen LogP contribution in [-0.4, -0.2) is 43.7 Å². The van der Waals surface area contributed by atoms with Crippen LogP contribution in [-0.2, 0) is 4.74 Å². The summed E-state index contributed by atoms with van der Waals surface area (Å²) < 4.78 is 5.62. The van der Waals surface area contributed by atoms with Gasteiger partial charge in [-0.05, 0) is 56.4 Å². The van der Waals surface area contributed by atoms with Gasteiger partial charge in [-0.3, -0.25) is 5.32 Å². The molecular weight excluding hydrogens is 300 g/mol. The lowest BCUT2D eigenvalue weighted by molar-refractivity contribution is 0.00658. The van der Waals surface area contributed by atoms with E-state index < -0.39 is 6.10 Å². The first-order chi connectivity index (χ1) is 11.7. The number of nitrogens with one attached hydrogen (secondary N) is 2. The lowest BCUT2D eigenvalue weighted by Crippen LogP contribution is -2.44. The molecule has 0 heterocycles. The highest BCUT2D eigenvalue weighted by atomic mass is 16.5. The number of hydrogen-bond acceptors (Lipinski definition) is 4. The molecule has 24 heavy (non-hydrogen) atoms. The fourth-order valence-electron chi connectivity index (χ4n) is 4.11. The van der Waals surface area contributed by atoms with E-state index in [1.807, 2.05) is 0 Å². The molecule has 4 atom stereocenters. The molecule has 4 nitrogen and oxygen atoms in total. The van der Waals surface area contributed by atoms with Crippen molar-refractivity contribution >= 4 is 0 Å². The number of aliphatic hydroxyl groups excluding tert-OH is 1. The summed E-state index contributed by atoms with van der Waals surface area (Å²) in [6.45, 7) is 7.61. The first-order valence-corrected chi connectivity index (χ1v) is 10.4.